The summed E-state index contributed by atoms with van der Waals surface area (Å²) in [5, 5.41) is 14.9. The Bertz CT molecular complexity index is 975. The van der Waals surface area contributed by atoms with Gasteiger partial charge < -0.3 is 11.5 Å². The minimum Gasteiger partial charge on any atom is -0.366 e. The fourth-order valence-corrected chi connectivity index (χ4v) is 3.00. The lowest BCUT2D eigenvalue weighted by Crippen LogP contribution is -1.99. The lowest BCUT2D eigenvalue weighted by atomic mass is 10.2. The van der Waals surface area contributed by atoms with Crippen LogP contribution in [0.2, 0.25) is 0 Å². The van der Waals surface area contributed by atoms with E-state index in [0.29, 0.717) is 20.6 Å². The molecule has 0 aliphatic rings. The van der Waals surface area contributed by atoms with Crippen molar-refractivity contribution in [2.45, 2.75) is 0 Å². The molecule has 0 fully saturated rings. The van der Waals surface area contributed by atoms with Crippen molar-refractivity contribution in [1.82, 2.24) is 30.4 Å². The van der Waals surface area contributed by atoms with E-state index in [1.807, 2.05) is 60.7 Å². The Labute approximate surface area is 177 Å². The van der Waals surface area contributed by atoms with Crippen LogP contribution in [-0.4, -0.2) is 30.4 Å². The van der Waals surface area contributed by atoms with Gasteiger partial charge in [-0.05, 0) is 31.9 Å². The zero-order chi connectivity index (χ0) is 19.9. The SMILES string of the molecule is Nc1nnc(Br)c(-c2ccccc2)n1.Nc1nnc(Br)c(-c2ccccc2)n1. The molecule has 0 saturated heterocycles. The Morgan fingerprint density at radius 3 is 1.25 bits per heavy atom. The standard InChI is InChI=1S/2C9H7BrN4/c2*10-8-7(12-9(11)14-13-8)6-4-2-1-3-5-6/h2*1-5H,(H2,11,12,14). The van der Waals surface area contributed by atoms with Gasteiger partial charge in [-0.25, -0.2) is 9.97 Å². The maximum atomic E-state index is 5.46. The molecule has 0 aliphatic heterocycles. The van der Waals surface area contributed by atoms with Crippen molar-refractivity contribution in [2.75, 3.05) is 11.5 Å². The first-order chi connectivity index (χ1) is 13.5. The molecule has 0 spiro atoms. The van der Waals surface area contributed by atoms with Gasteiger partial charge in [0.25, 0.3) is 0 Å². The van der Waals surface area contributed by atoms with Gasteiger partial charge in [0.15, 0.2) is 9.21 Å². The summed E-state index contributed by atoms with van der Waals surface area (Å²) in [6.07, 6.45) is 0. The number of benzene rings is 2. The molecule has 0 amide bonds. The second kappa shape index (κ2) is 9.29. The molecule has 0 atom stereocenters. The number of anilines is 2. The van der Waals surface area contributed by atoms with E-state index in [4.69, 9.17) is 11.5 Å². The second-order valence-corrected chi connectivity index (χ2v) is 6.85. The van der Waals surface area contributed by atoms with Gasteiger partial charge in [0, 0.05) is 11.1 Å². The first-order valence-electron chi connectivity index (χ1n) is 7.97. The quantitative estimate of drug-likeness (QED) is 0.424. The third-order valence-corrected chi connectivity index (χ3v) is 4.49. The van der Waals surface area contributed by atoms with Crippen molar-refractivity contribution < 1.29 is 0 Å². The van der Waals surface area contributed by atoms with Crippen molar-refractivity contribution in [3.8, 4) is 22.5 Å². The topological polar surface area (TPSA) is 129 Å². The normalized spacial score (nSPS) is 10.1. The molecule has 2 aromatic carbocycles. The van der Waals surface area contributed by atoms with Crippen LogP contribution in [0.4, 0.5) is 11.9 Å². The molecule has 8 nitrogen and oxygen atoms in total. The number of hydrogen-bond acceptors (Lipinski definition) is 8. The summed E-state index contributed by atoms with van der Waals surface area (Å²) >= 11 is 6.55. The molecular formula is C18H14Br2N8. The molecule has 2 heterocycles. The van der Waals surface area contributed by atoms with Gasteiger partial charge in [-0.15, -0.1) is 20.4 Å². The third-order valence-electron chi connectivity index (χ3n) is 3.42. The highest BCUT2D eigenvalue weighted by Gasteiger charge is 2.07. The number of nitrogens with two attached hydrogens (primary N) is 2. The summed E-state index contributed by atoms with van der Waals surface area (Å²) in [6.45, 7) is 0. The predicted octanol–water partition coefficient (Wildman–Crippen LogP) is 3.77. The lowest BCUT2D eigenvalue weighted by Gasteiger charge is -2.01. The van der Waals surface area contributed by atoms with Crippen LogP contribution in [0, 0.1) is 0 Å². The molecule has 0 saturated carbocycles. The van der Waals surface area contributed by atoms with Crippen molar-refractivity contribution in [1.29, 1.82) is 0 Å². The molecule has 10 heteroatoms. The molecule has 0 aliphatic carbocycles. The molecule has 0 radical (unpaired) electrons. The average molecular weight is 502 g/mol. The molecule has 4 rings (SSSR count). The summed E-state index contributed by atoms with van der Waals surface area (Å²) in [7, 11) is 0. The van der Waals surface area contributed by atoms with Crippen LogP contribution >= 0.6 is 31.9 Å². The number of hydrogen-bond donors (Lipinski definition) is 2. The summed E-state index contributed by atoms with van der Waals surface area (Å²) in [5.74, 6) is 0.346. The van der Waals surface area contributed by atoms with E-state index in [0.717, 1.165) is 11.1 Å². The van der Waals surface area contributed by atoms with Crippen molar-refractivity contribution in [3.63, 3.8) is 0 Å². The van der Waals surface area contributed by atoms with E-state index in [1.165, 1.54) is 0 Å². The predicted molar refractivity (Wildman–Crippen MR) is 115 cm³/mol. The molecule has 4 aromatic rings. The summed E-state index contributed by atoms with van der Waals surface area (Å²) < 4.78 is 1.19. The Morgan fingerprint density at radius 2 is 0.893 bits per heavy atom. The average Bonchev–Trinajstić information content (AvgIpc) is 2.73. The van der Waals surface area contributed by atoms with Gasteiger partial charge in [-0.1, -0.05) is 60.7 Å². The van der Waals surface area contributed by atoms with E-state index >= 15 is 0 Å². The van der Waals surface area contributed by atoms with Crippen LogP contribution in [0.25, 0.3) is 22.5 Å². The van der Waals surface area contributed by atoms with Crippen molar-refractivity contribution >= 4 is 43.8 Å². The second-order valence-electron chi connectivity index (χ2n) is 5.35. The summed E-state index contributed by atoms with van der Waals surface area (Å²) in [5.41, 5.74) is 14.3. The van der Waals surface area contributed by atoms with Crippen LogP contribution < -0.4 is 11.5 Å². The van der Waals surface area contributed by atoms with E-state index < -0.39 is 0 Å². The van der Waals surface area contributed by atoms with Crippen molar-refractivity contribution in [2.24, 2.45) is 0 Å². The molecule has 2 aromatic heterocycles. The highest BCUT2D eigenvalue weighted by molar-refractivity contribution is 9.10. The highest BCUT2D eigenvalue weighted by Crippen LogP contribution is 2.24. The highest BCUT2D eigenvalue weighted by atomic mass is 79.9. The molecule has 4 N–H and O–H groups in total. The fraction of sp³-hybridized carbons (Fsp3) is 0. The molecule has 140 valence electrons. The van der Waals surface area contributed by atoms with Crippen LogP contribution in [0.1, 0.15) is 0 Å². The summed E-state index contributed by atoms with van der Waals surface area (Å²) in [4.78, 5) is 8.20. The van der Waals surface area contributed by atoms with Crippen LogP contribution in [-0.2, 0) is 0 Å². The van der Waals surface area contributed by atoms with E-state index in [1.54, 1.807) is 0 Å². The zero-order valence-electron chi connectivity index (χ0n) is 14.4. The first-order valence-corrected chi connectivity index (χ1v) is 9.55. The van der Waals surface area contributed by atoms with E-state index in [9.17, 15) is 0 Å². The Hall–Kier alpha value is -2.98. The minimum absolute atomic E-state index is 0.173. The van der Waals surface area contributed by atoms with Gasteiger partial charge in [0.2, 0.25) is 11.9 Å². The molecule has 0 unspecified atom stereocenters. The summed E-state index contributed by atoms with van der Waals surface area (Å²) in [6, 6.07) is 19.4. The van der Waals surface area contributed by atoms with E-state index in [2.05, 4.69) is 62.2 Å². The maximum Gasteiger partial charge on any atom is 0.240 e. The molecule has 0 bridgehead atoms. The minimum atomic E-state index is 0.173. The van der Waals surface area contributed by atoms with Crippen LogP contribution in [0.3, 0.4) is 0 Å². The first kappa shape index (κ1) is 19.8. The number of aromatic nitrogens is 6. The largest absolute Gasteiger partial charge is 0.366 e. The smallest absolute Gasteiger partial charge is 0.240 e. The molecule has 28 heavy (non-hydrogen) atoms. The van der Waals surface area contributed by atoms with Gasteiger partial charge in [0.1, 0.15) is 11.4 Å². The van der Waals surface area contributed by atoms with E-state index in [-0.39, 0.29) is 11.9 Å². The number of nitrogen functional groups attached to an aromatic ring is 2. The van der Waals surface area contributed by atoms with Gasteiger partial charge in [0.05, 0.1) is 0 Å². The van der Waals surface area contributed by atoms with Crippen LogP contribution in [0.15, 0.2) is 69.9 Å². The zero-order valence-corrected chi connectivity index (χ0v) is 17.5. The lowest BCUT2D eigenvalue weighted by molar-refractivity contribution is 0.966. The molecular weight excluding hydrogens is 488 g/mol. The Morgan fingerprint density at radius 1 is 0.536 bits per heavy atom. The monoisotopic (exact) mass is 500 g/mol. The Kier molecular flexibility index (Phi) is 6.56. The number of nitrogens with zero attached hydrogens (tertiary/aromatic N) is 6. The van der Waals surface area contributed by atoms with Crippen molar-refractivity contribution in [3.05, 3.63) is 69.9 Å². The van der Waals surface area contributed by atoms with Gasteiger partial charge in [-0.3, -0.25) is 0 Å². The van der Waals surface area contributed by atoms with Gasteiger partial charge >= 0.3 is 0 Å². The third kappa shape index (κ3) is 5.05. The maximum absolute atomic E-state index is 5.46. The number of rotatable bonds is 2. The Balaban J connectivity index is 0.000000161. The van der Waals surface area contributed by atoms with Crippen LogP contribution in [0.5, 0.6) is 0 Å². The van der Waals surface area contributed by atoms with Gasteiger partial charge in [-0.2, -0.15) is 0 Å². The fourth-order valence-electron chi connectivity index (χ4n) is 2.21. The number of halogens is 2.